The summed E-state index contributed by atoms with van der Waals surface area (Å²) in [5.41, 5.74) is 2.22. The van der Waals surface area contributed by atoms with Gasteiger partial charge in [-0.2, -0.15) is 5.10 Å². The fourth-order valence-electron chi connectivity index (χ4n) is 3.29. The van der Waals surface area contributed by atoms with Crippen LogP contribution < -0.4 is 10.1 Å². The van der Waals surface area contributed by atoms with Crippen molar-refractivity contribution in [2.24, 2.45) is 13.0 Å². The first kappa shape index (κ1) is 16.5. The molecule has 2 atom stereocenters. The highest BCUT2D eigenvalue weighted by Crippen LogP contribution is 2.29. The highest BCUT2D eigenvalue weighted by Gasteiger charge is 2.36. The summed E-state index contributed by atoms with van der Waals surface area (Å²) in [6, 6.07) is 7.83. The zero-order valence-corrected chi connectivity index (χ0v) is 14.4. The summed E-state index contributed by atoms with van der Waals surface area (Å²) in [6.07, 6.45) is 3.86. The van der Waals surface area contributed by atoms with Gasteiger partial charge in [0.1, 0.15) is 5.75 Å². The topological polar surface area (TPSA) is 59.4 Å². The third-order valence-corrected chi connectivity index (χ3v) is 4.64. The first-order valence-electron chi connectivity index (χ1n) is 8.15. The van der Waals surface area contributed by atoms with Gasteiger partial charge in [-0.15, -0.1) is 0 Å². The maximum atomic E-state index is 12.9. The molecule has 0 radical (unpaired) electrons. The molecule has 2 aromatic rings. The molecule has 6 nitrogen and oxygen atoms in total. The van der Waals surface area contributed by atoms with Crippen LogP contribution in [0.4, 0.5) is 0 Å². The molecule has 0 spiro atoms. The van der Waals surface area contributed by atoms with Gasteiger partial charge < -0.3 is 15.0 Å². The quantitative estimate of drug-likeness (QED) is 0.901. The molecule has 1 aromatic carbocycles. The van der Waals surface area contributed by atoms with E-state index in [-0.39, 0.29) is 17.7 Å². The van der Waals surface area contributed by atoms with Crippen LogP contribution in [-0.4, -0.2) is 47.8 Å². The van der Waals surface area contributed by atoms with E-state index in [9.17, 15) is 4.79 Å². The van der Waals surface area contributed by atoms with Crippen molar-refractivity contribution in [3.05, 3.63) is 47.8 Å². The Morgan fingerprint density at radius 2 is 2.12 bits per heavy atom. The standard InChI is InChI=1S/C18H24N4O2/c1-21(11-13-4-6-15(24-3)7-5-13)18(23)17-10-19-9-16(17)14-8-20-22(2)12-14/h4-8,12,16-17,19H,9-11H2,1-3H3/t16-,17+/m1/s1. The molecule has 0 saturated carbocycles. The predicted molar refractivity (Wildman–Crippen MR) is 91.8 cm³/mol. The third kappa shape index (κ3) is 3.43. The van der Waals surface area contributed by atoms with Crippen molar-refractivity contribution < 1.29 is 9.53 Å². The van der Waals surface area contributed by atoms with Crippen molar-refractivity contribution in [1.29, 1.82) is 0 Å². The summed E-state index contributed by atoms with van der Waals surface area (Å²) < 4.78 is 6.96. The molecule has 0 bridgehead atoms. The number of nitrogens with zero attached hydrogens (tertiary/aromatic N) is 3. The van der Waals surface area contributed by atoms with Crippen LogP contribution in [0.15, 0.2) is 36.7 Å². The van der Waals surface area contributed by atoms with Gasteiger partial charge in [0.25, 0.3) is 0 Å². The van der Waals surface area contributed by atoms with Gasteiger partial charge in [-0.1, -0.05) is 12.1 Å². The lowest BCUT2D eigenvalue weighted by molar-refractivity contribution is -0.134. The lowest BCUT2D eigenvalue weighted by Crippen LogP contribution is -2.35. The van der Waals surface area contributed by atoms with Crippen LogP contribution in [0.25, 0.3) is 0 Å². The zero-order valence-electron chi connectivity index (χ0n) is 14.4. The monoisotopic (exact) mass is 328 g/mol. The molecule has 1 fully saturated rings. The van der Waals surface area contributed by atoms with E-state index < -0.39 is 0 Å². The Bertz CT molecular complexity index is 695. The van der Waals surface area contributed by atoms with Crippen molar-refractivity contribution in [3.63, 3.8) is 0 Å². The van der Waals surface area contributed by atoms with Gasteiger partial charge in [-0.05, 0) is 23.3 Å². The van der Waals surface area contributed by atoms with Crippen LogP contribution in [-0.2, 0) is 18.4 Å². The molecular formula is C18H24N4O2. The van der Waals surface area contributed by atoms with Crippen LogP contribution in [0.5, 0.6) is 5.75 Å². The summed E-state index contributed by atoms with van der Waals surface area (Å²) >= 11 is 0. The molecule has 1 N–H and O–H groups in total. The van der Waals surface area contributed by atoms with Crippen molar-refractivity contribution in [3.8, 4) is 5.75 Å². The molecule has 1 aliphatic heterocycles. The van der Waals surface area contributed by atoms with Gasteiger partial charge in [0.2, 0.25) is 5.91 Å². The number of benzene rings is 1. The molecular weight excluding hydrogens is 304 g/mol. The highest BCUT2D eigenvalue weighted by atomic mass is 16.5. The van der Waals surface area contributed by atoms with Crippen molar-refractivity contribution in [1.82, 2.24) is 20.0 Å². The van der Waals surface area contributed by atoms with E-state index in [1.807, 2.05) is 55.7 Å². The number of aromatic nitrogens is 2. The second-order valence-electron chi connectivity index (χ2n) is 6.36. The van der Waals surface area contributed by atoms with Gasteiger partial charge in [-0.25, -0.2) is 0 Å². The number of aryl methyl sites for hydroxylation is 1. The SMILES string of the molecule is COc1ccc(CN(C)C(=O)[C@H]2CNC[C@@H]2c2cnn(C)c2)cc1. The number of hydrogen-bond donors (Lipinski definition) is 1. The van der Waals surface area contributed by atoms with Gasteiger partial charge in [0.15, 0.2) is 0 Å². The minimum absolute atomic E-state index is 0.0440. The van der Waals surface area contributed by atoms with E-state index in [0.29, 0.717) is 13.1 Å². The minimum atomic E-state index is -0.0440. The van der Waals surface area contributed by atoms with Gasteiger partial charge in [-0.3, -0.25) is 9.48 Å². The van der Waals surface area contributed by atoms with Crippen LogP contribution in [0.3, 0.4) is 0 Å². The Hall–Kier alpha value is -2.34. The van der Waals surface area contributed by atoms with E-state index in [2.05, 4.69) is 10.4 Å². The molecule has 0 aliphatic carbocycles. The molecule has 128 valence electrons. The lowest BCUT2D eigenvalue weighted by Gasteiger charge is -2.24. The second-order valence-corrected chi connectivity index (χ2v) is 6.36. The van der Waals surface area contributed by atoms with Crippen LogP contribution >= 0.6 is 0 Å². The zero-order chi connectivity index (χ0) is 17.1. The van der Waals surface area contributed by atoms with Gasteiger partial charge in [0.05, 0.1) is 19.2 Å². The fraction of sp³-hybridized carbons (Fsp3) is 0.444. The largest absolute Gasteiger partial charge is 0.497 e. The highest BCUT2D eigenvalue weighted by molar-refractivity contribution is 5.80. The number of carbonyl (C=O) groups is 1. The molecule has 2 heterocycles. The molecule has 1 aromatic heterocycles. The number of carbonyl (C=O) groups excluding carboxylic acids is 1. The normalized spacial score (nSPS) is 20.1. The van der Waals surface area contributed by atoms with E-state index in [1.54, 1.807) is 11.8 Å². The van der Waals surface area contributed by atoms with E-state index in [0.717, 1.165) is 23.4 Å². The number of ether oxygens (including phenoxy) is 1. The molecule has 1 amide bonds. The summed E-state index contributed by atoms with van der Waals surface area (Å²) in [6.45, 7) is 2.13. The number of nitrogens with one attached hydrogen (secondary N) is 1. The number of rotatable bonds is 5. The minimum Gasteiger partial charge on any atom is -0.497 e. The number of hydrogen-bond acceptors (Lipinski definition) is 4. The van der Waals surface area contributed by atoms with Gasteiger partial charge in [0, 0.05) is 45.8 Å². The first-order valence-corrected chi connectivity index (χ1v) is 8.15. The Labute approximate surface area is 142 Å². The summed E-state index contributed by atoms with van der Waals surface area (Å²) in [4.78, 5) is 14.7. The fourth-order valence-corrected chi connectivity index (χ4v) is 3.29. The van der Waals surface area contributed by atoms with E-state index >= 15 is 0 Å². The molecule has 24 heavy (non-hydrogen) atoms. The summed E-state index contributed by atoms with van der Waals surface area (Å²) in [5, 5.41) is 7.58. The maximum Gasteiger partial charge on any atom is 0.227 e. The van der Waals surface area contributed by atoms with E-state index in [4.69, 9.17) is 4.74 Å². The van der Waals surface area contributed by atoms with Crippen LogP contribution in [0.2, 0.25) is 0 Å². The molecule has 1 saturated heterocycles. The van der Waals surface area contributed by atoms with Crippen LogP contribution in [0.1, 0.15) is 17.0 Å². The Morgan fingerprint density at radius 1 is 1.38 bits per heavy atom. The predicted octanol–water partition coefficient (Wildman–Crippen LogP) is 1.39. The van der Waals surface area contributed by atoms with E-state index in [1.165, 1.54) is 0 Å². The molecule has 1 aliphatic rings. The van der Waals surface area contributed by atoms with Gasteiger partial charge >= 0.3 is 0 Å². The molecule has 0 unspecified atom stereocenters. The molecule has 3 rings (SSSR count). The summed E-state index contributed by atoms with van der Waals surface area (Å²) in [5.74, 6) is 1.14. The Balaban J connectivity index is 1.67. The smallest absolute Gasteiger partial charge is 0.227 e. The Morgan fingerprint density at radius 3 is 2.75 bits per heavy atom. The number of amides is 1. The average molecular weight is 328 g/mol. The first-order chi connectivity index (χ1) is 11.6. The maximum absolute atomic E-state index is 12.9. The van der Waals surface area contributed by atoms with Crippen LogP contribution in [0, 0.1) is 5.92 Å². The molecule has 6 heteroatoms. The summed E-state index contributed by atoms with van der Waals surface area (Å²) in [7, 11) is 5.42. The average Bonchev–Trinajstić information content (AvgIpc) is 3.23. The van der Waals surface area contributed by atoms with Crippen molar-refractivity contribution in [2.75, 3.05) is 27.2 Å². The third-order valence-electron chi connectivity index (χ3n) is 4.64. The number of methoxy groups -OCH3 is 1. The Kier molecular flexibility index (Phi) is 4.85. The lowest BCUT2D eigenvalue weighted by atomic mass is 9.90. The second kappa shape index (κ2) is 7.05. The van der Waals surface area contributed by atoms with Crippen molar-refractivity contribution >= 4 is 5.91 Å². The van der Waals surface area contributed by atoms with Crippen molar-refractivity contribution in [2.45, 2.75) is 12.5 Å².